The van der Waals surface area contributed by atoms with Crippen molar-refractivity contribution >= 4 is 22.8 Å². The van der Waals surface area contributed by atoms with Gasteiger partial charge in [-0.25, -0.2) is 4.79 Å². The molecule has 1 aliphatic carbocycles. The third kappa shape index (κ3) is 3.25. The predicted molar refractivity (Wildman–Crippen MR) is 92.1 cm³/mol. The molecular formula is C19H22N2O3. The van der Waals surface area contributed by atoms with Crippen molar-refractivity contribution in [2.75, 3.05) is 0 Å². The minimum Gasteiger partial charge on any atom is -0.480 e. The van der Waals surface area contributed by atoms with Gasteiger partial charge >= 0.3 is 5.97 Å². The first-order valence-corrected chi connectivity index (χ1v) is 8.44. The normalized spacial score (nSPS) is 16.6. The maximum absolute atomic E-state index is 12.8. The second kappa shape index (κ2) is 6.59. The highest BCUT2D eigenvalue weighted by molar-refractivity contribution is 6.07. The van der Waals surface area contributed by atoms with Crippen molar-refractivity contribution in [2.45, 2.75) is 45.1 Å². The molecule has 0 bridgehead atoms. The molecule has 1 aromatic carbocycles. The Labute approximate surface area is 141 Å². The lowest BCUT2D eigenvalue weighted by atomic mass is 9.98. The molecule has 3 rings (SSSR count). The molecule has 5 nitrogen and oxygen atoms in total. The van der Waals surface area contributed by atoms with E-state index >= 15 is 0 Å². The van der Waals surface area contributed by atoms with Gasteiger partial charge in [-0.1, -0.05) is 38.5 Å². The molecule has 2 aromatic rings. The lowest BCUT2D eigenvalue weighted by molar-refractivity contribution is -0.140. The number of fused-ring (bicyclic) bond motifs is 1. The number of amides is 1. The summed E-state index contributed by atoms with van der Waals surface area (Å²) in [6, 6.07) is 8.44. The summed E-state index contributed by atoms with van der Waals surface area (Å²) >= 11 is 0. The van der Waals surface area contributed by atoms with Crippen LogP contribution in [0.4, 0.5) is 0 Å². The van der Waals surface area contributed by atoms with Crippen molar-refractivity contribution in [2.24, 2.45) is 5.92 Å². The molecule has 2 atom stereocenters. The van der Waals surface area contributed by atoms with E-state index in [-0.39, 0.29) is 11.8 Å². The molecule has 1 amide bonds. The largest absolute Gasteiger partial charge is 0.480 e. The van der Waals surface area contributed by atoms with Crippen molar-refractivity contribution in [1.82, 2.24) is 10.3 Å². The summed E-state index contributed by atoms with van der Waals surface area (Å²) in [6.07, 6.45) is 2.87. The Hall–Kier alpha value is -2.43. The van der Waals surface area contributed by atoms with Crippen LogP contribution in [0.1, 0.15) is 55.1 Å². The molecule has 0 saturated heterocycles. The maximum Gasteiger partial charge on any atom is 0.326 e. The molecule has 5 heteroatoms. The van der Waals surface area contributed by atoms with Crippen LogP contribution in [-0.4, -0.2) is 28.0 Å². The Morgan fingerprint density at radius 1 is 1.33 bits per heavy atom. The summed E-state index contributed by atoms with van der Waals surface area (Å²) in [5, 5.41) is 12.9. The molecule has 2 N–H and O–H groups in total. The average Bonchev–Trinajstić information content (AvgIpc) is 3.42. The lowest BCUT2D eigenvalue weighted by Gasteiger charge is -2.20. The van der Waals surface area contributed by atoms with E-state index in [4.69, 9.17) is 0 Å². The van der Waals surface area contributed by atoms with Crippen LogP contribution in [0, 0.1) is 5.92 Å². The van der Waals surface area contributed by atoms with Gasteiger partial charge < -0.3 is 10.4 Å². The molecule has 0 radical (unpaired) electrons. The molecule has 1 heterocycles. The van der Waals surface area contributed by atoms with Crippen LogP contribution in [-0.2, 0) is 4.79 Å². The van der Waals surface area contributed by atoms with E-state index in [1.165, 1.54) is 0 Å². The van der Waals surface area contributed by atoms with Crippen LogP contribution in [0.3, 0.4) is 0 Å². The van der Waals surface area contributed by atoms with E-state index in [1.54, 1.807) is 0 Å². The average molecular weight is 326 g/mol. The van der Waals surface area contributed by atoms with E-state index in [0.29, 0.717) is 17.9 Å². The molecule has 1 saturated carbocycles. The highest BCUT2D eigenvalue weighted by atomic mass is 16.4. The van der Waals surface area contributed by atoms with Gasteiger partial charge in [-0.3, -0.25) is 9.78 Å². The predicted octanol–water partition coefficient (Wildman–Crippen LogP) is 3.34. The Bertz CT molecular complexity index is 783. The Morgan fingerprint density at radius 3 is 2.67 bits per heavy atom. The number of carbonyl (C=O) groups excluding carboxylic acids is 1. The van der Waals surface area contributed by atoms with Gasteiger partial charge in [0.25, 0.3) is 5.91 Å². The Kier molecular flexibility index (Phi) is 4.51. The fraction of sp³-hybridized carbons (Fsp3) is 0.421. The van der Waals surface area contributed by atoms with Crippen molar-refractivity contribution in [3.8, 4) is 0 Å². The molecule has 1 aliphatic rings. The van der Waals surface area contributed by atoms with Crippen LogP contribution in [0.25, 0.3) is 10.9 Å². The molecule has 126 valence electrons. The second-order valence-electron chi connectivity index (χ2n) is 6.56. The minimum atomic E-state index is -1.00. The zero-order chi connectivity index (χ0) is 17.3. The highest BCUT2D eigenvalue weighted by Crippen LogP contribution is 2.40. The summed E-state index contributed by atoms with van der Waals surface area (Å²) in [6.45, 7) is 3.75. The summed E-state index contributed by atoms with van der Waals surface area (Å²) in [7, 11) is 0. The first-order valence-electron chi connectivity index (χ1n) is 8.44. The van der Waals surface area contributed by atoms with Crippen LogP contribution in [0.2, 0.25) is 0 Å². The number of nitrogens with one attached hydrogen (secondary N) is 1. The van der Waals surface area contributed by atoms with Gasteiger partial charge in [0.2, 0.25) is 0 Å². The number of hydrogen-bond acceptors (Lipinski definition) is 3. The molecule has 0 aliphatic heterocycles. The van der Waals surface area contributed by atoms with E-state index in [1.807, 2.05) is 44.2 Å². The smallest absolute Gasteiger partial charge is 0.326 e. The van der Waals surface area contributed by atoms with E-state index in [9.17, 15) is 14.7 Å². The summed E-state index contributed by atoms with van der Waals surface area (Å²) in [5.74, 6) is -1.06. The number of aliphatic carboxylic acids is 1. The van der Waals surface area contributed by atoms with Crippen LogP contribution >= 0.6 is 0 Å². The number of rotatable bonds is 6. The van der Waals surface area contributed by atoms with Crippen LogP contribution < -0.4 is 5.32 Å². The quantitative estimate of drug-likeness (QED) is 0.853. The fourth-order valence-corrected chi connectivity index (χ4v) is 2.87. The van der Waals surface area contributed by atoms with Crippen molar-refractivity contribution in [1.29, 1.82) is 0 Å². The van der Waals surface area contributed by atoms with Gasteiger partial charge in [0.1, 0.15) is 6.04 Å². The molecule has 24 heavy (non-hydrogen) atoms. The SMILES string of the molecule is CC[C@H](C)[C@H](NC(=O)c1cc(C2CC2)nc2ccccc12)C(=O)O. The number of carboxylic acids is 1. The lowest BCUT2D eigenvalue weighted by Crippen LogP contribution is -2.45. The highest BCUT2D eigenvalue weighted by Gasteiger charge is 2.29. The Balaban J connectivity index is 1.97. The van der Waals surface area contributed by atoms with Crippen LogP contribution in [0.5, 0.6) is 0 Å². The number of aromatic nitrogens is 1. The van der Waals surface area contributed by atoms with Gasteiger partial charge in [-0.2, -0.15) is 0 Å². The van der Waals surface area contributed by atoms with Gasteiger partial charge in [-0.05, 0) is 30.9 Å². The summed E-state index contributed by atoms with van der Waals surface area (Å²) in [4.78, 5) is 28.9. The third-order valence-corrected chi connectivity index (χ3v) is 4.74. The number of carbonyl (C=O) groups is 2. The second-order valence-corrected chi connectivity index (χ2v) is 6.56. The molecule has 0 spiro atoms. The molecule has 0 unspecified atom stereocenters. The Morgan fingerprint density at radius 2 is 2.04 bits per heavy atom. The van der Waals surface area contributed by atoms with E-state index in [0.717, 1.165) is 29.4 Å². The van der Waals surface area contributed by atoms with Crippen LogP contribution in [0.15, 0.2) is 30.3 Å². The van der Waals surface area contributed by atoms with Gasteiger partial charge in [0.15, 0.2) is 0 Å². The third-order valence-electron chi connectivity index (χ3n) is 4.74. The number of pyridine rings is 1. The monoisotopic (exact) mass is 326 g/mol. The zero-order valence-corrected chi connectivity index (χ0v) is 14.0. The fourth-order valence-electron chi connectivity index (χ4n) is 2.87. The standard InChI is InChI=1S/C19H22N2O3/c1-3-11(2)17(19(23)24)21-18(22)14-10-16(12-8-9-12)20-15-7-5-4-6-13(14)15/h4-7,10-12,17H,3,8-9H2,1-2H3,(H,21,22)(H,23,24)/t11-,17-/m0/s1. The first-order chi connectivity index (χ1) is 11.5. The summed E-state index contributed by atoms with van der Waals surface area (Å²) < 4.78 is 0. The number of nitrogens with zero attached hydrogens (tertiary/aromatic N) is 1. The molecular weight excluding hydrogens is 304 g/mol. The number of carboxylic acid groups (broad SMARTS) is 1. The topological polar surface area (TPSA) is 79.3 Å². The number of hydrogen-bond donors (Lipinski definition) is 2. The molecule has 1 fully saturated rings. The van der Waals surface area contributed by atoms with Gasteiger partial charge in [0.05, 0.1) is 11.1 Å². The van der Waals surface area contributed by atoms with Crippen molar-refractivity contribution in [3.63, 3.8) is 0 Å². The van der Waals surface area contributed by atoms with Crippen molar-refractivity contribution < 1.29 is 14.7 Å². The van der Waals surface area contributed by atoms with Gasteiger partial charge in [-0.15, -0.1) is 0 Å². The minimum absolute atomic E-state index is 0.137. The first kappa shape index (κ1) is 16.4. The zero-order valence-electron chi connectivity index (χ0n) is 14.0. The number of para-hydroxylation sites is 1. The van der Waals surface area contributed by atoms with E-state index in [2.05, 4.69) is 10.3 Å². The molecule has 1 aromatic heterocycles. The van der Waals surface area contributed by atoms with E-state index < -0.39 is 12.0 Å². The number of benzene rings is 1. The maximum atomic E-state index is 12.8. The van der Waals surface area contributed by atoms with Gasteiger partial charge in [0, 0.05) is 17.0 Å². The van der Waals surface area contributed by atoms with Crippen molar-refractivity contribution in [3.05, 3.63) is 41.6 Å². The summed E-state index contributed by atoms with van der Waals surface area (Å²) in [5.41, 5.74) is 2.22.